The first kappa shape index (κ1) is 12.6. The van der Waals surface area contributed by atoms with Gasteiger partial charge in [-0.15, -0.1) is 0 Å². The smallest absolute Gasteiger partial charge is 0.341 e. The van der Waals surface area contributed by atoms with Crippen molar-refractivity contribution in [3.8, 4) is 17.2 Å². The molecular weight excluding hydrogens is 302 g/mol. The van der Waals surface area contributed by atoms with Crippen molar-refractivity contribution < 1.29 is 19.1 Å². The Morgan fingerprint density at radius 3 is 2.72 bits per heavy atom. The highest BCUT2D eigenvalue weighted by atomic mass is 79.9. The number of alkyl halides is 1. The SMILES string of the molecule is O=C(O)COc1ncoc1-c1ccc(CBr)cc1. The van der Waals surface area contributed by atoms with Crippen LogP contribution >= 0.6 is 15.9 Å². The van der Waals surface area contributed by atoms with Gasteiger partial charge in [-0.1, -0.05) is 40.2 Å². The molecule has 0 atom stereocenters. The number of benzene rings is 1. The molecule has 0 bridgehead atoms. The molecule has 0 saturated heterocycles. The number of rotatable bonds is 5. The van der Waals surface area contributed by atoms with E-state index in [4.69, 9.17) is 14.3 Å². The highest BCUT2D eigenvalue weighted by Crippen LogP contribution is 2.29. The van der Waals surface area contributed by atoms with Gasteiger partial charge in [0.15, 0.2) is 18.8 Å². The standard InChI is InChI=1S/C12H10BrNO4/c13-5-8-1-3-9(4-2-8)11-12(14-7-18-11)17-6-10(15)16/h1-4,7H,5-6H2,(H,15,16). The van der Waals surface area contributed by atoms with E-state index in [9.17, 15) is 4.79 Å². The Hall–Kier alpha value is -1.82. The molecule has 0 amide bonds. The molecule has 0 radical (unpaired) electrons. The van der Waals surface area contributed by atoms with Crippen LogP contribution in [0.1, 0.15) is 5.56 Å². The minimum atomic E-state index is -1.06. The lowest BCUT2D eigenvalue weighted by Crippen LogP contribution is -2.09. The molecule has 1 aromatic carbocycles. The predicted octanol–water partition coefficient (Wildman–Crippen LogP) is 2.70. The van der Waals surface area contributed by atoms with E-state index in [2.05, 4.69) is 20.9 Å². The fourth-order valence-electron chi connectivity index (χ4n) is 1.41. The minimum Gasteiger partial charge on any atom is -0.479 e. The molecule has 18 heavy (non-hydrogen) atoms. The molecule has 6 heteroatoms. The van der Waals surface area contributed by atoms with Gasteiger partial charge < -0.3 is 14.3 Å². The third-order valence-electron chi connectivity index (χ3n) is 2.24. The average Bonchev–Trinajstić information content (AvgIpc) is 2.85. The summed E-state index contributed by atoms with van der Waals surface area (Å²) in [5.41, 5.74) is 1.92. The van der Waals surface area contributed by atoms with Crippen molar-refractivity contribution in [2.75, 3.05) is 6.61 Å². The van der Waals surface area contributed by atoms with Gasteiger partial charge in [0, 0.05) is 10.9 Å². The number of oxazole rings is 1. The first-order valence-electron chi connectivity index (χ1n) is 5.14. The molecule has 0 aliphatic heterocycles. The number of carboxylic acid groups (broad SMARTS) is 1. The van der Waals surface area contributed by atoms with Gasteiger partial charge in [-0.25, -0.2) is 4.79 Å². The highest BCUT2D eigenvalue weighted by Gasteiger charge is 2.13. The van der Waals surface area contributed by atoms with Gasteiger partial charge >= 0.3 is 5.97 Å². The predicted molar refractivity (Wildman–Crippen MR) is 67.7 cm³/mol. The molecule has 2 aromatic rings. The average molecular weight is 312 g/mol. The maximum Gasteiger partial charge on any atom is 0.341 e. The largest absolute Gasteiger partial charge is 0.479 e. The van der Waals surface area contributed by atoms with Crippen molar-refractivity contribution in [1.82, 2.24) is 4.98 Å². The number of carbonyl (C=O) groups is 1. The minimum absolute atomic E-state index is 0.184. The molecular formula is C12H10BrNO4. The maximum absolute atomic E-state index is 10.4. The number of carboxylic acids is 1. The van der Waals surface area contributed by atoms with Crippen LogP contribution in [0.2, 0.25) is 0 Å². The Morgan fingerprint density at radius 2 is 2.11 bits per heavy atom. The zero-order valence-corrected chi connectivity index (χ0v) is 10.9. The Kier molecular flexibility index (Phi) is 3.99. The van der Waals surface area contributed by atoms with Crippen LogP contribution in [0, 0.1) is 0 Å². The summed E-state index contributed by atoms with van der Waals surface area (Å²) < 4.78 is 10.3. The topological polar surface area (TPSA) is 72.6 Å². The van der Waals surface area contributed by atoms with Gasteiger partial charge in [0.05, 0.1) is 0 Å². The first-order chi connectivity index (χ1) is 8.70. The number of hydrogen-bond acceptors (Lipinski definition) is 4. The number of aromatic nitrogens is 1. The molecule has 0 aliphatic carbocycles. The van der Waals surface area contributed by atoms with Gasteiger partial charge in [-0.2, -0.15) is 4.98 Å². The van der Waals surface area contributed by atoms with Crippen LogP contribution in [-0.4, -0.2) is 22.7 Å². The van der Waals surface area contributed by atoms with Gasteiger partial charge in [0.25, 0.3) is 5.88 Å². The molecule has 94 valence electrons. The summed E-state index contributed by atoms with van der Waals surface area (Å²) in [6.07, 6.45) is 1.23. The van der Waals surface area contributed by atoms with Crippen LogP contribution in [0.4, 0.5) is 0 Å². The van der Waals surface area contributed by atoms with Crippen molar-refractivity contribution in [2.24, 2.45) is 0 Å². The maximum atomic E-state index is 10.4. The van der Waals surface area contributed by atoms with Crippen molar-refractivity contribution in [1.29, 1.82) is 0 Å². The Morgan fingerprint density at radius 1 is 1.39 bits per heavy atom. The van der Waals surface area contributed by atoms with Crippen LogP contribution in [0.15, 0.2) is 35.1 Å². The van der Waals surface area contributed by atoms with Crippen LogP contribution in [0.25, 0.3) is 11.3 Å². The highest BCUT2D eigenvalue weighted by molar-refractivity contribution is 9.08. The molecule has 1 aromatic heterocycles. The van der Waals surface area contributed by atoms with Crippen LogP contribution in [-0.2, 0) is 10.1 Å². The number of halogens is 1. The molecule has 1 N–H and O–H groups in total. The van der Waals surface area contributed by atoms with Crippen molar-refractivity contribution >= 4 is 21.9 Å². The fraction of sp³-hybridized carbons (Fsp3) is 0.167. The lowest BCUT2D eigenvalue weighted by molar-refractivity contribution is -0.139. The van der Waals surface area contributed by atoms with Crippen molar-refractivity contribution in [2.45, 2.75) is 5.33 Å². The summed E-state index contributed by atoms with van der Waals surface area (Å²) in [6.45, 7) is -0.445. The Bertz CT molecular complexity index is 535. The Labute approximate surface area is 112 Å². The molecule has 0 fully saturated rings. The molecule has 0 aliphatic rings. The van der Waals surface area contributed by atoms with E-state index in [-0.39, 0.29) is 5.88 Å². The quantitative estimate of drug-likeness (QED) is 0.859. The summed E-state index contributed by atoms with van der Waals surface area (Å²) in [5.74, 6) is -0.444. The molecule has 0 saturated carbocycles. The molecule has 0 unspecified atom stereocenters. The van der Waals surface area contributed by atoms with E-state index in [1.54, 1.807) is 0 Å². The third-order valence-corrected chi connectivity index (χ3v) is 2.89. The zero-order valence-electron chi connectivity index (χ0n) is 9.30. The van der Waals surface area contributed by atoms with Crippen molar-refractivity contribution in [3.63, 3.8) is 0 Å². The second-order valence-corrected chi connectivity index (χ2v) is 4.06. The molecule has 0 spiro atoms. The molecule has 5 nitrogen and oxygen atoms in total. The van der Waals surface area contributed by atoms with Gasteiger partial charge in [-0.3, -0.25) is 0 Å². The lowest BCUT2D eigenvalue weighted by atomic mass is 10.1. The van der Waals surface area contributed by atoms with Gasteiger partial charge in [0.1, 0.15) is 0 Å². The lowest BCUT2D eigenvalue weighted by Gasteiger charge is -2.02. The molecule has 1 heterocycles. The van der Waals surface area contributed by atoms with Crippen LogP contribution in [0.3, 0.4) is 0 Å². The first-order valence-corrected chi connectivity index (χ1v) is 6.26. The number of aliphatic carboxylic acids is 1. The third kappa shape index (κ3) is 2.89. The summed E-state index contributed by atoms with van der Waals surface area (Å²) in [4.78, 5) is 14.3. The second-order valence-electron chi connectivity index (χ2n) is 3.50. The van der Waals surface area contributed by atoms with E-state index in [1.165, 1.54) is 6.39 Å². The van der Waals surface area contributed by atoms with E-state index in [0.29, 0.717) is 5.76 Å². The molecule has 2 rings (SSSR count). The number of nitrogens with zero attached hydrogens (tertiary/aromatic N) is 1. The summed E-state index contributed by atoms with van der Waals surface area (Å²) in [7, 11) is 0. The van der Waals surface area contributed by atoms with Crippen molar-refractivity contribution in [3.05, 3.63) is 36.2 Å². The van der Waals surface area contributed by atoms with Crippen LogP contribution < -0.4 is 4.74 Å². The van der Waals surface area contributed by atoms with E-state index >= 15 is 0 Å². The van der Waals surface area contributed by atoms with Gasteiger partial charge in [-0.05, 0) is 5.56 Å². The number of hydrogen-bond donors (Lipinski definition) is 1. The monoisotopic (exact) mass is 311 g/mol. The van der Waals surface area contributed by atoms with Crippen LogP contribution in [0.5, 0.6) is 5.88 Å². The normalized spacial score (nSPS) is 10.3. The van der Waals surface area contributed by atoms with E-state index < -0.39 is 12.6 Å². The summed E-state index contributed by atoms with van der Waals surface area (Å²) in [5, 5.41) is 9.32. The van der Waals surface area contributed by atoms with E-state index in [1.807, 2.05) is 24.3 Å². The summed E-state index contributed by atoms with van der Waals surface area (Å²) in [6, 6.07) is 7.61. The van der Waals surface area contributed by atoms with E-state index in [0.717, 1.165) is 16.5 Å². The zero-order chi connectivity index (χ0) is 13.0. The summed E-state index contributed by atoms with van der Waals surface area (Å²) >= 11 is 3.36. The fourth-order valence-corrected chi connectivity index (χ4v) is 1.78. The Balaban J connectivity index is 2.21. The second kappa shape index (κ2) is 5.68. The van der Waals surface area contributed by atoms with Gasteiger partial charge in [0.2, 0.25) is 0 Å². The number of ether oxygens (including phenoxy) is 1.